The molecule has 1 aliphatic rings. The van der Waals surface area contributed by atoms with E-state index in [4.69, 9.17) is 23.2 Å². The molecule has 3 nitrogen and oxygen atoms in total. The predicted octanol–water partition coefficient (Wildman–Crippen LogP) is 4.02. The van der Waals surface area contributed by atoms with Gasteiger partial charge in [0, 0.05) is 11.6 Å². The first-order valence-electron chi connectivity index (χ1n) is 7.12. The number of rotatable bonds is 6. The molecule has 6 heteroatoms. The molecule has 0 radical (unpaired) electrons. The Labute approximate surface area is 142 Å². The number of hydrogen-bond donors (Lipinski definition) is 1. The standard InChI is InChI=1S/C15H20Cl2N2O.ClH/c16-12-5-6-13(14(17)11-12)15(20)18-7-1-2-8-19-9-3-4-10-19;/h5-6,11H,1-4,7-10H2,(H,18,20);1H. The molecule has 0 unspecified atom stereocenters. The maximum atomic E-state index is 11.9. The topological polar surface area (TPSA) is 32.3 Å². The first-order valence-corrected chi connectivity index (χ1v) is 7.88. The molecule has 1 aliphatic heterocycles. The molecule has 0 aromatic heterocycles. The number of nitrogens with zero attached hydrogens (tertiary/aromatic N) is 1. The van der Waals surface area contributed by atoms with Gasteiger partial charge in [-0.1, -0.05) is 23.2 Å². The summed E-state index contributed by atoms with van der Waals surface area (Å²) in [6, 6.07) is 4.92. The van der Waals surface area contributed by atoms with Crippen LogP contribution in [0, 0.1) is 0 Å². The van der Waals surface area contributed by atoms with Crippen LogP contribution in [0.15, 0.2) is 18.2 Å². The molecule has 0 bridgehead atoms. The minimum atomic E-state index is -0.132. The Hall–Kier alpha value is -0.480. The Morgan fingerprint density at radius 2 is 1.90 bits per heavy atom. The minimum Gasteiger partial charge on any atom is -0.352 e. The van der Waals surface area contributed by atoms with Crippen LogP contribution in [-0.4, -0.2) is 37.0 Å². The van der Waals surface area contributed by atoms with Crippen LogP contribution in [0.3, 0.4) is 0 Å². The molecule has 0 saturated carbocycles. The Morgan fingerprint density at radius 3 is 2.57 bits per heavy atom. The molecule has 1 saturated heterocycles. The zero-order chi connectivity index (χ0) is 14.4. The lowest BCUT2D eigenvalue weighted by molar-refractivity contribution is 0.0953. The van der Waals surface area contributed by atoms with Crippen LogP contribution < -0.4 is 5.32 Å². The Morgan fingerprint density at radius 1 is 1.19 bits per heavy atom. The van der Waals surface area contributed by atoms with Crippen LogP contribution in [0.2, 0.25) is 10.0 Å². The lowest BCUT2D eigenvalue weighted by atomic mass is 10.2. The van der Waals surface area contributed by atoms with Crippen molar-refractivity contribution in [2.45, 2.75) is 25.7 Å². The smallest absolute Gasteiger partial charge is 0.252 e. The van der Waals surface area contributed by atoms with Gasteiger partial charge in [0.15, 0.2) is 0 Å². The van der Waals surface area contributed by atoms with Gasteiger partial charge >= 0.3 is 0 Å². The van der Waals surface area contributed by atoms with Crippen molar-refractivity contribution in [3.05, 3.63) is 33.8 Å². The number of likely N-dealkylation sites (tertiary alicyclic amines) is 1. The van der Waals surface area contributed by atoms with E-state index < -0.39 is 0 Å². The van der Waals surface area contributed by atoms with Crippen molar-refractivity contribution in [3.8, 4) is 0 Å². The van der Waals surface area contributed by atoms with Gasteiger partial charge in [-0.05, 0) is 63.5 Å². The Kier molecular flexibility index (Phi) is 8.42. The van der Waals surface area contributed by atoms with Gasteiger partial charge in [0.05, 0.1) is 10.6 Å². The SMILES string of the molecule is Cl.O=C(NCCCCN1CCCC1)c1ccc(Cl)cc1Cl. The zero-order valence-corrected chi connectivity index (χ0v) is 14.2. The van der Waals surface area contributed by atoms with E-state index in [1.807, 2.05) is 0 Å². The molecule has 1 N–H and O–H groups in total. The van der Waals surface area contributed by atoms with Gasteiger partial charge in [-0.25, -0.2) is 0 Å². The second-order valence-corrected chi connectivity index (χ2v) is 5.98. The molecule has 0 aliphatic carbocycles. The number of nitrogens with one attached hydrogen (secondary N) is 1. The Balaban J connectivity index is 0.00000220. The van der Waals surface area contributed by atoms with E-state index >= 15 is 0 Å². The van der Waals surface area contributed by atoms with Crippen LogP contribution in [0.25, 0.3) is 0 Å². The van der Waals surface area contributed by atoms with E-state index in [1.54, 1.807) is 18.2 Å². The van der Waals surface area contributed by atoms with Crippen molar-refractivity contribution in [3.63, 3.8) is 0 Å². The summed E-state index contributed by atoms with van der Waals surface area (Å²) in [6.45, 7) is 4.28. The van der Waals surface area contributed by atoms with Gasteiger partial charge in [0.25, 0.3) is 5.91 Å². The predicted molar refractivity (Wildman–Crippen MR) is 91.0 cm³/mol. The van der Waals surface area contributed by atoms with Crippen molar-refractivity contribution in [1.82, 2.24) is 10.2 Å². The average molecular weight is 352 g/mol. The summed E-state index contributed by atoms with van der Waals surface area (Å²) in [6.07, 6.45) is 4.76. The summed E-state index contributed by atoms with van der Waals surface area (Å²) < 4.78 is 0. The first kappa shape index (κ1) is 18.6. The molecule has 118 valence electrons. The second-order valence-electron chi connectivity index (χ2n) is 5.14. The van der Waals surface area contributed by atoms with Gasteiger partial charge in [-0.2, -0.15) is 0 Å². The van der Waals surface area contributed by atoms with E-state index in [9.17, 15) is 4.79 Å². The van der Waals surface area contributed by atoms with Gasteiger partial charge in [0.2, 0.25) is 0 Å². The number of hydrogen-bond acceptors (Lipinski definition) is 2. The number of benzene rings is 1. The highest BCUT2D eigenvalue weighted by molar-refractivity contribution is 6.36. The third-order valence-corrected chi connectivity index (χ3v) is 4.11. The van der Waals surface area contributed by atoms with Gasteiger partial charge < -0.3 is 10.2 Å². The van der Waals surface area contributed by atoms with Crippen molar-refractivity contribution < 1.29 is 4.79 Å². The second kappa shape index (κ2) is 9.52. The highest BCUT2D eigenvalue weighted by Crippen LogP contribution is 2.20. The van der Waals surface area contributed by atoms with E-state index in [2.05, 4.69) is 10.2 Å². The highest BCUT2D eigenvalue weighted by Gasteiger charge is 2.11. The maximum Gasteiger partial charge on any atom is 0.252 e. The molecule has 1 fully saturated rings. The summed E-state index contributed by atoms with van der Waals surface area (Å²) >= 11 is 11.8. The van der Waals surface area contributed by atoms with Crippen LogP contribution in [0.5, 0.6) is 0 Å². The van der Waals surface area contributed by atoms with Crippen LogP contribution >= 0.6 is 35.6 Å². The quantitative estimate of drug-likeness (QED) is 0.785. The van der Waals surface area contributed by atoms with Crippen LogP contribution in [0.4, 0.5) is 0 Å². The third kappa shape index (κ3) is 6.03. The summed E-state index contributed by atoms with van der Waals surface area (Å²) in [4.78, 5) is 14.4. The lowest BCUT2D eigenvalue weighted by Crippen LogP contribution is -2.26. The lowest BCUT2D eigenvalue weighted by Gasteiger charge is -2.14. The Bertz CT molecular complexity index is 462. The van der Waals surface area contributed by atoms with Gasteiger partial charge in [-0.3, -0.25) is 4.79 Å². The number of carbonyl (C=O) groups is 1. The molecule has 21 heavy (non-hydrogen) atoms. The zero-order valence-electron chi connectivity index (χ0n) is 11.9. The van der Waals surface area contributed by atoms with E-state index in [-0.39, 0.29) is 18.3 Å². The normalized spacial score (nSPS) is 14.8. The first-order chi connectivity index (χ1) is 9.66. The van der Waals surface area contributed by atoms with E-state index in [0.717, 1.165) is 19.4 Å². The molecule has 1 amide bonds. The largest absolute Gasteiger partial charge is 0.352 e. The molecular formula is C15H21Cl3N2O. The number of amides is 1. The fraction of sp³-hybridized carbons (Fsp3) is 0.533. The monoisotopic (exact) mass is 350 g/mol. The summed E-state index contributed by atoms with van der Waals surface area (Å²) in [7, 11) is 0. The maximum absolute atomic E-state index is 11.9. The molecule has 0 atom stereocenters. The van der Waals surface area contributed by atoms with E-state index in [1.165, 1.54) is 25.9 Å². The molecule has 1 heterocycles. The van der Waals surface area contributed by atoms with Crippen LogP contribution in [-0.2, 0) is 0 Å². The van der Waals surface area contributed by atoms with Gasteiger partial charge in [0.1, 0.15) is 0 Å². The third-order valence-electron chi connectivity index (χ3n) is 3.56. The van der Waals surface area contributed by atoms with E-state index in [0.29, 0.717) is 22.2 Å². The molecule has 1 aromatic carbocycles. The minimum absolute atomic E-state index is 0. The fourth-order valence-electron chi connectivity index (χ4n) is 2.44. The molecule has 0 spiro atoms. The number of unbranched alkanes of at least 4 members (excludes halogenated alkanes) is 1. The van der Waals surface area contributed by atoms with Crippen LogP contribution in [0.1, 0.15) is 36.0 Å². The van der Waals surface area contributed by atoms with Crippen molar-refractivity contribution >= 4 is 41.5 Å². The van der Waals surface area contributed by atoms with Crippen molar-refractivity contribution in [2.75, 3.05) is 26.2 Å². The highest BCUT2D eigenvalue weighted by atomic mass is 35.5. The summed E-state index contributed by atoms with van der Waals surface area (Å²) in [5.41, 5.74) is 0.482. The fourth-order valence-corrected chi connectivity index (χ4v) is 2.93. The van der Waals surface area contributed by atoms with Gasteiger partial charge in [-0.15, -0.1) is 12.4 Å². The number of halogens is 3. The van der Waals surface area contributed by atoms with Crippen molar-refractivity contribution in [1.29, 1.82) is 0 Å². The molecule has 2 rings (SSSR count). The summed E-state index contributed by atoms with van der Waals surface area (Å²) in [5, 5.41) is 3.83. The average Bonchev–Trinajstić information content (AvgIpc) is 2.91. The number of carbonyl (C=O) groups excluding carboxylic acids is 1. The summed E-state index contributed by atoms with van der Waals surface area (Å²) in [5.74, 6) is -0.132. The molecule has 1 aromatic rings. The van der Waals surface area contributed by atoms with Crippen molar-refractivity contribution in [2.24, 2.45) is 0 Å². The molecular weight excluding hydrogens is 331 g/mol.